The summed E-state index contributed by atoms with van der Waals surface area (Å²) in [6.45, 7) is 3.36. The van der Waals surface area contributed by atoms with Crippen LogP contribution in [0.4, 0.5) is 4.39 Å². The van der Waals surface area contributed by atoms with Crippen molar-refractivity contribution >= 4 is 10.9 Å². The maximum absolute atomic E-state index is 13.2. The summed E-state index contributed by atoms with van der Waals surface area (Å²) in [5, 5.41) is 1.00. The van der Waals surface area contributed by atoms with Gasteiger partial charge in [-0.05, 0) is 50.2 Å². The highest BCUT2D eigenvalue weighted by molar-refractivity contribution is 5.81. The number of fused-ring (bicyclic) bond motifs is 1. The molecule has 0 spiro atoms. The van der Waals surface area contributed by atoms with Gasteiger partial charge in [0, 0.05) is 30.2 Å². The van der Waals surface area contributed by atoms with Crippen molar-refractivity contribution in [2.45, 2.75) is 19.4 Å². The average molecular weight is 232 g/mol. The Morgan fingerprint density at radius 2 is 1.94 bits per heavy atom. The number of aryl methyl sites for hydroxylation is 1. The molecule has 90 valence electrons. The van der Waals surface area contributed by atoms with E-state index in [2.05, 4.69) is 22.6 Å². The molecule has 1 aliphatic rings. The van der Waals surface area contributed by atoms with E-state index in [0.29, 0.717) is 0 Å². The van der Waals surface area contributed by atoms with Crippen molar-refractivity contribution in [3.63, 3.8) is 0 Å². The third kappa shape index (κ3) is 1.95. The Balaban J connectivity index is 1.96. The summed E-state index contributed by atoms with van der Waals surface area (Å²) >= 11 is 0. The standard InChI is InChI=1S/C14H17FN2/c1-16-13(10-17-6-2-3-7-17)9-11-8-12(15)4-5-14(11)16/h4-5,8-9H,2-3,6-7,10H2,1H3. The molecule has 2 heterocycles. The lowest BCUT2D eigenvalue weighted by molar-refractivity contribution is 0.324. The molecule has 1 aromatic heterocycles. The number of halogens is 1. The van der Waals surface area contributed by atoms with Gasteiger partial charge in [-0.1, -0.05) is 0 Å². The summed E-state index contributed by atoms with van der Waals surface area (Å²) in [5.74, 6) is -0.157. The van der Waals surface area contributed by atoms with Gasteiger partial charge in [-0.3, -0.25) is 4.90 Å². The lowest BCUT2D eigenvalue weighted by Crippen LogP contribution is -2.19. The fourth-order valence-electron chi connectivity index (χ4n) is 2.70. The zero-order valence-electron chi connectivity index (χ0n) is 10.1. The van der Waals surface area contributed by atoms with Crippen molar-refractivity contribution in [1.29, 1.82) is 0 Å². The molecule has 1 saturated heterocycles. The number of benzene rings is 1. The second-order valence-electron chi connectivity index (χ2n) is 4.88. The predicted octanol–water partition coefficient (Wildman–Crippen LogP) is 2.91. The molecule has 0 saturated carbocycles. The second-order valence-corrected chi connectivity index (χ2v) is 4.88. The van der Waals surface area contributed by atoms with E-state index in [9.17, 15) is 4.39 Å². The van der Waals surface area contributed by atoms with Gasteiger partial charge in [0.1, 0.15) is 5.82 Å². The average Bonchev–Trinajstić information content (AvgIpc) is 2.89. The molecule has 0 atom stereocenters. The molecule has 0 amide bonds. The zero-order valence-corrected chi connectivity index (χ0v) is 10.1. The lowest BCUT2D eigenvalue weighted by Gasteiger charge is -2.14. The van der Waals surface area contributed by atoms with E-state index < -0.39 is 0 Å². The topological polar surface area (TPSA) is 8.17 Å². The highest BCUT2D eigenvalue weighted by Gasteiger charge is 2.14. The van der Waals surface area contributed by atoms with Gasteiger partial charge >= 0.3 is 0 Å². The molecule has 1 aliphatic heterocycles. The Morgan fingerprint density at radius 1 is 1.18 bits per heavy atom. The summed E-state index contributed by atoms with van der Waals surface area (Å²) in [6.07, 6.45) is 2.61. The Labute approximate surface area is 101 Å². The van der Waals surface area contributed by atoms with Crippen LogP contribution in [0.15, 0.2) is 24.3 Å². The van der Waals surface area contributed by atoms with Crippen LogP contribution in [-0.2, 0) is 13.6 Å². The van der Waals surface area contributed by atoms with Crippen molar-refractivity contribution in [2.75, 3.05) is 13.1 Å². The molecular formula is C14H17FN2. The van der Waals surface area contributed by atoms with Crippen molar-refractivity contribution in [3.8, 4) is 0 Å². The molecule has 2 aromatic rings. The summed E-state index contributed by atoms with van der Waals surface area (Å²) in [7, 11) is 2.06. The molecular weight excluding hydrogens is 215 g/mol. The van der Waals surface area contributed by atoms with Crippen LogP contribution >= 0.6 is 0 Å². The number of hydrogen-bond donors (Lipinski definition) is 0. The summed E-state index contributed by atoms with van der Waals surface area (Å²) in [6, 6.07) is 7.11. The van der Waals surface area contributed by atoms with Crippen LogP contribution in [0.3, 0.4) is 0 Å². The van der Waals surface area contributed by atoms with Gasteiger partial charge in [-0.2, -0.15) is 0 Å². The predicted molar refractivity (Wildman–Crippen MR) is 67.4 cm³/mol. The first-order chi connectivity index (χ1) is 8.24. The Kier molecular flexibility index (Phi) is 2.63. The maximum atomic E-state index is 13.2. The molecule has 0 bridgehead atoms. The number of rotatable bonds is 2. The first-order valence-corrected chi connectivity index (χ1v) is 6.20. The fraction of sp³-hybridized carbons (Fsp3) is 0.429. The van der Waals surface area contributed by atoms with Gasteiger partial charge < -0.3 is 4.57 Å². The second kappa shape index (κ2) is 4.15. The third-order valence-electron chi connectivity index (χ3n) is 3.69. The van der Waals surface area contributed by atoms with Crippen LogP contribution in [0.5, 0.6) is 0 Å². The van der Waals surface area contributed by atoms with E-state index in [0.717, 1.165) is 17.4 Å². The molecule has 17 heavy (non-hydrogen) atoms. The monoisotopic (exact) mass is 232 g/mol. The number of likely N-dealkylation sites (tertiary alicyclic amines) is 1. The molecule has 0 radical (unpaired) electrons. The number of aromatic nitrogens is 1. The van der Waals surface area contributed by atoms with E-state index >= 15 is 0 Å². The van der Waals surface area contributed by atoms with Crippen molar-refractivity contribution in [1.82, 2.24) is 9.47 Å². The molecule has 0 unspecified atom stereocenters. The summed E-state index contributed by atoms with van der Waals surface area (Å²) in [5.41, 5.74) is 2.38. The van der Waals surface area contributed by atoms with Gasteiger partial charge in [0.15, 0.2) is 0 Å². The third-order valence-corrected chi connectivity index (χ3v) is 3.69. The minimum absolute atomic E-state index is 0.157. The lowest BCUT2D eigenvalue weighted by atomic mass is 10.2. The molecule has 1 fully saturated rings. The van der Waals surface area contributed by atoms with E-state index in [-0.39, 0.29) is 5.82 Å². The van der Waals surface area contributed by atoms with Crippen LogP contribution in [0.2, 0.25) is 0 Å². The van der Waals surface area contributed by atoms with E-state index in [1.54, 1.807) is 6.07 Å². The summed E-state index contributed by atoms with van der Waals surface area (Å²) in [4.78, 5) is 2.46. The number of nitrogens with zero attached hydrogens (tertiary/aromatic N) is 2. The summed E-state index contributed by atoms with van der Waals surface area (Å²) < 4.78 is 15.3. The Morgan fingerprint density at radius 3 is 2.71 bits per heavy atom. The highest BCUT2D eigenvalue weighted by atomic mass is 19.1. The van der Waals surface area contributed by atoms with Crippen LogP contribution < -0.4 is 0 Å². The Bertz CT molecular complexity index is 538. The smallest absolute Gasteiger partial charge is 0.123 e. The first kappa shape index (κ1) is 10.8. The molecule has 3 heteroatoms. The van der Waals surface area contributed by atoms with Gasteiger partial charge in [-0.25, -0.2) is 4.39 Å². The van der Waals surface area contributed by atoms with Crippen molar-refractivity contribution in [3.05, 3.63) is 35.8 Å². The SMILES string of the molecule is Cn1c(CN2CCCC2)cc2cc(F)ccc21. The van der Waals surface area contributed by atoms with E-state index in [1.165, 1.54) is 37.7 Å². The highest BCUT2D eigenvalue weighted by Crippen LogP contribution is 2.22. The molecule has 1 aromatic carbocycles. The quantitative estimate of drug-likeness (QED) is 0.773. The van der Waals surface area contributed by atoms with Crippen LogP contribution in [0.25, 0.3) is 10.9 Å². The largest absolute Gasteiger partial charge is 0.346 e. The first-order valence-electron chi connectivity index (χ1n) is 6.20. The normalized spacial score (nSPS) is 17.1. The van der Waals surface area contributed by atoms with Crippen LogP contribution in [0.1, 0.15) is 18.5 Å². The zero-order chi connectivity index (χ0) is 11.8. The molecule has 0 N–H and O–H groups in total. The minimum Gasteiger partial charge on any atom is -0.346 e. The van der Waals surface area contributed by atoms with Gasteiger partial charge in [0.05, 0.1) is 0 Å². The number of hydrogen-bond acceptors (Lipinski definition) is 1. The van der Waals surface area contributed by atoms with Gasteiger partial charge in [0.2, 0.25) is 0 Å². The van der Waals surface area contributed by atoms with Gasteiger partial charge in [0.25, 0.3) is 0 Å². The van der Waals surface area contributed by atoms with E-state index in [4.69, 9.17) is 0 Å². The van der Waals surface area contributed by atoms with Crippen molar-refractivity contribution in [2.24, 2.45) is 7.05 Å². The Hall–Kier alpha value is -1.35. The minimum atomic E-state index is -0.157. The molecule has 3 rings (SSSR count). The van der Waals surface area contributed by atoms with E-state index in [1.807, 2.05) is 6.07 Å². The van der Waals surface area contributed by atoms with Gasteiger partial charge in [-0.15, -0.1) is 0 Å². The molecule has 2 nitrogen and oxygen atoms in total. The van der Waals surface area contributed by atoms with Crippen LogP contribution in [0, 0.1) is 5.82 Å². The van der Waals surface area contributed by atoms with Crippen LogP contribution in [-0.4, -0.2) is 22.6 Å². The maximum Gasteiger partial charge on any atom is 0.123 e. The van der Waals surface area contributed by atoms with Crippen molar-refractivity contribution < 1.29 is 4.39 Å². The fourth-order valence-corrected chi connectivity index (χ4v) is 2.70. The molecule has 0 aliphatic carbocycles.